The normalized spacial score (nSPS) is 31.6. The maximum absolute atomic E-state index is 11.2. The van der Waals surface area contributed by atoms with Crippen molar-refractivity contribution < 1.29 is 13.2 Å². The molecule has 1 atom stereocenters. The molecule has 1 amide bonds. The Hall–Kier alpha value is -0.580. The number of hydrogen-bond donors (Lipinski definition) is 0. The molecule has 1 rings (SSSR count). The van der Waals surface area contributed by atoms with Crippen molar-refractivity contribution in [3.63, 3.8) is 0 Å². The summed E-state index contributed by atoms with van der Waals surface area (Å²) in [6, 6.07) is 0. The number of carbonyl (C=O) groups is 1. The summed E-state index contributed by atoms with van der Waals surface area (Å²) in [4.78, 5) is 12.6. The second kappa shape index (κ2) is 2.97. The maximum Gasteiger partial charge on any atom is 0.219 e. The molecule has 0 aromatic rings. The molecule has 0 unspecified atom stereocenters. The summed E-state index contributed by atoms with van der Waals surface area (Å²) in [5.41, 5.74) is -0.495. The van der Waals surface area contributed by atoms with Gasteiger partial charge in [0.25, 0.3) is 0 Å². The van der Waals surface area contributed by atoms with Crippen LogP contribution in [-0.4, -0.2) is 43.3 Å². The minimum atomic E-state index is -2.93. The molecule has 13 heavy (non-hydrogen) atoms. The quantitative estimate of drug-likeness (QED) is 0.607. The van der Waals surface area contributed by atoms with E-state index in [9.17, 15) is 13.2 Å². The zero-order chi connectivity index (χ0) is 10.3. The summed E-state index contributed by atoms with van der Waals surface area (Å²) >= 11 is 0. The topological polar surface area (TPSA) is 54.5 Å². The van der Waals surface area contributed by atoms with Crippen LogP contribution in [-0.2, 0) is 14.6 Å². The van der Waals surface area contributed by atoms with Crippen molar-refractivity contribution in [3.8, 4) is 0 Å². The van der Waals surface area contributed by atoms with Gasteiger partial charge in [0, 0.05) is 14.0 Å². The minimum Gasteiger partial charge on any atom is -0.340 e. The highest BCUT2D eigenvalue weighted by molar-refractivity contribution is 7.91. The van der Waals surface area contributed by atoms with E-state index in [-0.39, 0.29) is 17.4 Å². The molecular weight excluding hydrogens is 190 g/mol. The van der Waals surface area contributed by atoms with Crippen LogP contribution >= 0.6 is 0 Å². The first-order chi connectivity index (χ1) is 5.77. The van der Waals surface area contributed by atoms with Crippen LogP contribution in [0.4, 0.5) is 0 Å². The van der Waals surface area contributed by atoms with Crippen molar-refractivity contribution in [2.24, 2.45) is 0 Å². The summed E-state index contributed by atoms with van der Waals surface area (Å²) in [5, 5.41) is 0. The van der Waals surface area contributed by atoms with Gasteiger partial charge >= 0.3 is 0 Å². The Labute approximate surface area is 78.8 Å². The SMILES string of the molecule is CC(=O)N(C)[C@]1(C)CCS(=O)(=O)C1. The molecule has 0 aromatic heterocycles. The van der Waals surface area contributed by atoms with E-state index in [4.69, 9.17) is 0 Å². The molecule has 1 heterocycles. The molecule has 0 saturated carbocycles. The molecule has 1 aliphatic rings. The first-order valence-corrected chi connectivity index (χ1v) is 6.04. The molecule has 0 bridgehead atoms. The van der Waals surface area contributed by atoms with E-state index in [1.165, 1.54) is 11.8 Å². The highest BCUT2D eigenvalue weighted by Crippen LogP contribution is 2.28. The fourth-order valence-electron chi connectivity index (χ4n) is 1.64. The molecule has 0 aliphatic carbocycles. The number of rotatable bonds is 1. The smallest absolute Gasteiger partial charge is 0.219 e. The summed E-state index contributed by atoms with van der Waals surface area (Å²) in [7, 11) is -1.27. The number of amides is 1. The molecule has 0 radical (unpaired) electrons. The summed E-state index contributed by atoms with van der Waals surface area (Å²) in [5.74, 6) is 0.205. The van der Waals surface area contributed by atoms with E-state index in [1.807, 2.05) is 6.92 Å². The molecule has 4 nitrogen and oxygen atoms in total. The van der Waals surface area contributed by atoms with E-state index >= 15 is 0 Å². The predicted molar refractivity (Wildman–Crippen MR) is 50.1 cm³/mol. The molecular formula is C8H15NO3S. The van der Waals surface area contributed by atoms with E-state index < -0.39 is 15.4 Å². The van der Waals surface area contributed by atoms with Crippen LogP contribution in [0.25, 0.3) is 0 Å². The lowest BCUT2D eigenvalue weighted by Crippen LogP contribution is -2.47. The highest BCUT2D eigenvalue weighted by atomic mass is 32.2. The van der Waals surface area contributed by atoms with Gasteiger partial charge in [-0.2, -0.15) is 0 Å². The Bertz CT molecular complexity index is 322. The van der Waals surface area contributed by atoms with E-state index in [0.29, 0.717) is 6.42 Å². The molecule has 5 heteroatoms. The first-order valence-electron chi connectivity index (χ1n) is 4.22. The van der Waals surface area contributed by atoms with Gasteiger partial charge < -0.3 is 4.90 Å². The number of hydrogen-bond acceptors (Lipinski definition) is 3. The van der Waals surface area contributed by atoms with Crippen LogP contribution in [0.5, 0.6) is 0 Å². The van der Waals surface area contributed by atoms with Crippen molar-refractivity contribution >= 4 is 15.7 Å². The first kappa shape index (κ1) is 10.5. The molecule has 0 aromatic carbocycles. The van der Waals surface area contributed by atoms with Crippen LogP contribution in [0.1, 0.15) is 20.3 Å². The summed E-state index contributed by atoms with van der Waals surface area (Å²) in [6.07, 6.45) is 0.547. The Kier molecular flexibility index (Phi) is 2.40. The number of nitrogens with zero attached hydrogens (tertiary/aromatic N) is 1. The Morgan fingerprint density at radius 3 is 2.31 bits per heavy atom. The Balaban J connectivity index is 2.87. The monoisotopic (exact) mass is 205 g/mol. The maximum atomic E-state index is 11.2. The third-order valence-electron chi connectivity index (χ3n) is 2.76. The van der Waals surface area contributed by atoms with Gasteiger partial charge in [-0.1, -0.05) is 0 Å². The van der Waals surface area contributed by atoms with Gasteiger partial charge in [0.1, 0.15) is 0 Å². The van der Waals surface area contributed by atoms with Crippen molar-refractivity contribution in [1.82, 2.24) is 4.90 Å². The standard InChI is InChI=1S/C8H15NO3S/c1-7(10)9(3)8(2)4-5-13(11,12)6-8/h4-6H2,1-3H3/t8-/m1/s1. The van der Waals surface area contributed by atoms with E-state index in [0.717, 1.165) is 0 Å². The molecule has 76 valence electrons. The van der Waals surface area contributed by atoms with Crippen LogP contribution in [0, 0.1) is 0 Å². The van der Waals surface area contributed by atoms with Gasteiger partial charge in [0.05, 0.1) is 17.0 Å². The van der Waals surface area contributed by atoms with Crippen molar-refractivity contribution in [2.45, 2.75) is 25.8 Å². The zero-order valence-corrected chi connectivity index (χ0v) is 9.02. The van der Waals surface area contributed by atoms with Crippen molar-refractivity contribution in [3.05, 3.63) is 0 Å². The molecule has 1 aliphatic heterocycles. The number of carbonyl (C=O) groups excluding carboxylic acids is 1. The largest absolute Gasteiger partial charge is 0.340 e. The third-order valence-corrected chi connectivity index (χ3v) is 4.65. The number of sulfone groups is 1. The van der Waals surface area contributed by atoms with Gasteiger partial charge in [0.15, 0.2) is 9.84 Å². The molecule has 1 fully saturated rings. The fourth-order valence-corrected chi connectivity index (χ4v) is 3.82. The van der Waals surface area contributed by atoms with Gasteiger partial charge in [-0.05, 0) is 13.3 Å². The Morgan fingerprint density at radius 2 is 2.00 bits per heavy atom. The Morgan fingerprint density at radius 1 is 1.46 bits per heavy atom. The van der Waals surface area contributed by atoms with Crippen LogP contribution in [0.3, 0.4) is 0 Å². The molecule has 0 spiro atoms. The predicted octanol–water partition coefficient (Wildman–Crippen LogP) is 0.0419. The lowest BCUT2D eigenvalue weighted by Gasteiger charge is -2.33. The summed E-state index contributed by atoms with van der Waals surface area (Å²) < 4.78 is 22.5. The zero-order valence-electron chi connectivity index (χ0n) is 8.20. The van der Waals surface area contributed by atoms with Gasteiger partial charge in [0.2, 0.25) is 5.91 Å². The lowest BCUT2D eigenvalue weighted by atomic mass is 10.0. The lowest BCUT2D eigenvalue weighted by molar-refractivity contribution is -0.131. The second-order valence-corrected chi connectivity index (χ2v) is 6.10. The van der Waals surface area contributed by atoms with Crippen molar-refractivity contribution in [1.29, 1.82) is 0 Å². The van der Waals surface area contributed by atoms with Crippen LogP contribution in [0.15, 0.2) is 0 Å². The average Bonchev–Trinajstić information content (AvgIpc) is 2.25. The van der Waals surface area contributed by atoms with E-state index in [1.54, 1.807) is 7.05 Å². The third kappa shape index (κ3) is 2.02. The minimum absolute atomic E-state index is 0.0837. The van der Waals surface area contributed by atoms with E-state index in [2.05, 4.69) is 0 Å². The fraction of sp³-hybridized carbons (Fsp3) is 0.875. The summed E-state index contributed by atoms with van der Waals surface area (Å²) in [6.45, 7) is 3.27. The van der Waals surface area contributed by atoms with Gasteiger partial charge in [-0.25, -0.2) is 8.42 Å². The van der Waals surface area contributed by atoms with Gasteiger partial charge in [-0.3, -0.25) is 4.79 Å². The van der Waals surface area contributed by atoms with Crippen LogP contribution in [0.2, 0.25) is 0 Å². The van der Waals surface area contributed by atoms with Crippen molar-refractivity contribution in [2.75, 3.05) is 18.6 Å². The van der Waals surface area contributed by atoms with Crippen LogP contribution < -0.4 is 0 Å². The molecule has 0 N–H and O–H groups in total. The molecule has 1 saturated heterocycles. The highest BCUT2D eigenvalue weighted by Gasteiger charge is 2.42. The average molecular weight is 205 g/mol. The second-order valence-electron chi connectivity index (χ2n) is 3.92. The van der Waals surface area contributed by atoms with Gasteiger partial charge in [-0.15, -0.1) is 0 Å².